The first-order valence-electron chi connectivity index (χ1n) is 10.2. The van der Waals surface area contributed by atoms with E-state index in [0.29, 0.717) is 41.1 Å². The Kier molecular flexibility index (Phi) is 8.17. The van der Waals surface area contributed by atoms with E-state index in [9.17, 15) is 4.79 Å². The maximum Gasteiger partial charge on any atom is 0.279 e. The number of benzene rings is 2. The van der Waals surface area contributed by atoms with Crippen molar-refractivity contribution in [3.8, 4) is 11.5 Å². The van der Waals surface area contributed by atoms with Gasteiger partial charge in [-0.1, -0.05) is 31.3 Å². The molecular weight excluding hydrogens is 432 g/mol. The number of thiazole rings is 1. The lowest BCUT2D eigenvalue weighted by atomic mass is 10.2. The minimum absolute atomic E-state index is 0.277. The number of thioether (sulfide) groups is 1. The molecule has 0 N–H and O–H groups in total. The number of hydrogen-bond acceptors (Lipinski definition) is 6. The first-order valence-corrected chi connectivity index (χ1v) is 11.9. The van der Waals surface area contributed by atoms with Crippen molar-refractivity contribution < 1.29 is 19.0 Å². The Morgan fingerprint density at radius 3 is 2.58 bits per heavy atom. The third kappa shape index (κ3) is 5.50. The highest BCUT2D eigenvalue weighted by atomic mass is 32.2. The van der Waals surface area contributed by atoms with Crippen LogP contribution in [0.5, 0.6) is 11.5 Å². The molecular formula is C23H28N2O4S2. The summed E-state index contributed by atoms with van der Waals surface area (Å²) in [6.07, 6.45) is 0. The maximum absolute atomic E-state index is 13.0. The molecule has 0 radical (unpaired) electrons. The molecule has 0 aliphatic heterocycles. The van der Waals surface area contributed by atoms with Crippen LogP contribution in [0.1, 0.15) is 31.1 Å². The molecule has 0 aliphatic carbocycles. The second-order valence-electron chi connectivity index (χ2n) is 6.99. The molecule has 0 saturated carbocycles. The molecule has 1 amide bonds. The Bertz CT molecular complexity index is 1120. The largest absolute Gasteiger partial charge is 0.495 e. The molecule has 3 rings (SSSR count). The van der Waals surface area contributed by atoms with Crippen molar-refractivity contribution in [1.82, 2.24) is 4.57 Å². The van der Waals surface area contributed by atoms with Crippen molar-refractivity contribution in [2.24, 2.45) is 4.99 Å². The molecule has 0 spiro atoms. The average molecular weight is 461 g/mol. The fourth-order valence-electron chi connectivity index (χ4n) is 3.17. The minimum Gasteiger partial charge on any atom is -0.495 e. The van der Waals surface area contributed by atoms with Gasteiger partial charge in [-0.2, -0.15) is 4.99 Å². The van der Waals surface area contributed by atoms with E-state index in [2.05, 4.69) is 18.8 Å². The Morgan fingerprint density at radius 2 is 1.90 bits per heavy atom. The molecule has 31 heavy (non-hydrogen) atoms. The molecule has 0 fully saturated rings. The number of ether oxygens (including phenoxy) is 3. The van der Waals surface area contributed by atoms with Crippen LogP contribution < -0.4 is 14.3 Å². The van der Waals surface area contributed by atoms with Gasteiger partial charge in [0, 0.05) is 28.9 Å². The van der Waals surface area contributed by atoms with Crippen LogP contribution in [0.4, 0.5) is 0 Å². The summed E-state index contributed by atoms with van der Waals surface area (Å²) in [6, 6.07) is 11.3. The van der Waals surface area contributed by atoms with Crippen molar-refractivity contribution in [1.29, 1.82) is 0 Å². The van der Waals surface area contributed by atoms with Gasteiger partial charge in [0.05, 0.1) is 20.8 Å². The first-order chi connectivity index (χ1) is 15.0. The third-order valence-electron chi connectivity index (χ3n) is 4.51. The van der Waals surface area contributed by atoms with E-state index in [1.807, 2.05) is 41.8 Å². The first kappa shape index (κ1) is 23.4. The van der Waals surface area contributed by atoms with Crippen molar-refractivity contribution >= 4 is 39.2 Å². The van der Waals surface area contributed by atoms with E-state index in [-0.39, 0.29) is 5.91 Å². The monoisotopic (exact) mass is 460 g/mol. The zero-order valence-electron chi connectivity index (χ0n) is 18.5. The lowest BCUT2D eigenvalue weighted by Gasteiger charge is -2.10. The van der Waals surface area contributed by atoms with Crippen LogP contribution in [0.25, 0.3) is 10.2 Å². The van der Waals surface area contributed by atoms with Gasteiger partial charge in [0.2, 0.25) is 0 Å². The van der Waals surface area contributed by atoms with Crippen LogP contribution in [-0.4, -0.2) is 43.2 Å². The number of methoxy groups -OCH3 is 2. The van der Waals surface area contributed by atoms with Crippen LogP contribution in [0.2, 0.25) is 0 Å². The number of hydrogen-bond donors (Lipinski definition) is 0. The van der Waals surface area contributed by atoms with Crippen LogP contribution in [-0.2, 0) is 11.3 Å². The molecule has 1 heterocycles. The number of fused-ring (bicyclic) bond motifs is 1. The quantitative estimate of drug-likeness (QED) is 0.332. The van der Waals surface area contributed by atoms with Crippen LogP contribution in [0, 0.1) is 0 Å². The fourth-order valence-corrected chi connectivity index (χ4v) is 5.23. The highest BCUT2D eigenvalue weighted by Gasteiger charge is 2.17. The number of nitrogens with zero attached hydrogens (tertiary/aromatic N) is 2. The Hall–Kier alpha value is -2.29. The van der Waals surface area contributed by atoms with Gasteiger partial charge in [0.25, 0.3) is 5.91 Å². The zero-order valence-corrected chi connectivity index (χ0v) is 20.1. The van der Waals surface area contributed by atoms with E-state index in [1.165, 1.54) is 11.3 Å². The zero-order chi connectivity index (χ0) is 22.4. The number of amides is 1. The third-order valence-corrected chi connectivity index (χ3v) is 6.60. The van der Waals surface area contributed by atoms with Crippen molar-refractivity contribution in [2.75, 3.05) is 27.4 Å². The van der Waals surface area contributed by atoms with Crippen molar-refractivity contribution in [2.45, 2.75) is 37.5 Å². The highest BCUT2D eigenvalue weighted by Crippen LogP contribution is 2.35. The maximum atomic E-state index is 13.0. The average Bonchev–Trinajstić information content (AvgIpc) is 3.11. The van der Waals surface area contributed by atoms with Gasteiger partial charge in [-0.25, -0.2) is 0 Å². The smallest absolute Gasteiger partial charge is 0.279 e. The Balaban J connectivity index is 2.12. The summed E-state index contributed by atoms with van der Waals surface area (Å²) in [4.78, 5) is 19.2. The molecule has 8 heteroatoms. The molecule has 0 bridgehead atoms. The Morgan fingerprint density at radius 1 is 1.16 bits per heavy atom. The summed E-state index contributed by atoms with van der Waals surface area (Å²) < 4.78 is 19.6. The summed E-state index contributed by atoms with van der Waals surface area (Å²) in [5.74, 6) is 1.14. The highest BCUT2D eigenvalue weighted by molar-refractivity contribution is 7.99. The number of carbonyl (C=O) groups is 1. The second kappa shape index (κ2) is 10.8. The van der Waals surface area contributed by atoms with Gasteiger partial charge in [-0.05, 0) is 37.3 Å². The van der Waals surface area contributed by atoms with Crippen LogP contribution in [0.3, 0.4) is 0 Å². The van der Waals surface area contributed by atoms with Gasteiger partial charge in [0.15, 0.2) is 4.80 Å². The lowest BCUT2D eigenvalue weighted by molar-refractivity contribution is 0.0996. The van der Waals surface area contributed by atoms with E-state index in [1.54, 1.807) is 32.0 Å². The standard InChI is InChI=1S/C23H28N2O4S2/c1-6-29-13-12-25-20-18(27-4)10-11-19(28-5)21(20)31-23(25)24-22(26)16-8-7-9-17(14-16)30-15(2)3/h7-11,14-15H,6,12-13H2,1-5H3. The number of aromatic nitrogens is 1. The van der Waals surface area contributed by atoms with Gasteiger partial charge >= 0.3 is 0 Å². The van der Waals surface area contributed by atoms with Gasteiger partial charge in [0.1, 0.15) is 21.7 Å². The molecule has 0 atom stereocenters. The van der Waals surface area contributed by atoms with E-state index >= 15 is 0 Å². The molecule has 6 nitrogen and oxygen atoms in total. The molecule has 3 aromatic rings. The van der Waals surface area contributed by atoms with E-state index in [4.69, 9.17) is 14.2 Å². The fraction of sp³-hybridized carbons (Fsp3) is 0.391. The van der Waals surface area contributed by atoms with Crippen LogP contribution in [0.15, 0.2) is 46.3 Å². The summed E-state index contributed by atoms with van der Waals surface area (Å²) in [7, 11) is 3.26. The minimum atomic E-state index is -0.277. The predicted octanol–water partition coefficient (Wildman–Crippen LogP) is 5.00. The van der Waals surface area contributed by atoms with Crippen molar-refractivity contribution in [3.05, 3.63) is 46.8 Å². The normalized spacial score (nSPS) is 12.0. The van der Waals surface area contributed by atoms with Gasteiger partial charge in [-0.3, -0.25) is 4.79 Å². The van der Waals surface area contributed by atoms with E-state index < -0.39 is 0 Å². The van der Waals surface area contributed by atoms with Gasteiger partial charge in [-0.15, -0.1) is 11.8 Å². The molecule has 166 valence electrons. The summed E-state index contributed by atoms with van der Waals surface area (Å²) in [6.45, 7) is 7.88. The number of rotatable bonds is 9. The summed E-state index contributed by atoms with van der Waals surface area (Å²) in [5, 5.41) is 0.436. The predicted molar refractivity (Wildman–Crippen MR) is 127 cm³/mol. The molecule has 2 aromatic carbocycles. The SMILES string of the molecule is CCOCCn1c(=NC(=O)c2cccc(SC(C)C)c2)sc2c(OC)ccc(OC)c21. The molecule has 0 unspecified atom stereocenters. The Labute approximate surface area is 190 Å². The summed E-state index contributed by atoms with van der Waals surface area (Å²) >= 11 is 3.13. The van der Waals surface area contributed by atoms with Gasteiger partial charge < -0.3 is 18.8 Å². The number of carbonyl (C=O) groups excluding carboxylic acids is 1. The second-order valence-corrected chi connectivity index (χ2v) is 9.62. The molecule has 0 saturated heterocycles. The van der Waals surface area contributed by atoms with E-state index in [0.717, 1.165) is 20.9 Å². The topological polar surface area (TPSA) is 62.1 Å². The van der Waals surface area contributed by atoms with Crippen LogP contribution >= 0.6 is 23.1 Å². The molecule has 0 aliphatic rings. The van der Waals surface area contributed by atoms with Crippen molar-refractivity contribution in [3.63, 3.8) is 0 Å². The lowest BCUT2D eigenvalue weighted by Crippen LogP contribution is -2.20. The summed E-state index contributed by atoms with van der Waals surface area (Å²) in [5.41, 5.74) is 1.42. The molecule has 1 aromatic heterocycles.